The zero-order chi connectivity index (χ0) is 41.5. The smallest absolute Gasteiger partial charge is 0.306 e. The van der Waals surface area contributed by atoms with Crippen LogP contribution in [0.5, 0.6) is 0 Å². The van der Waals surface area contributed by atoms with Crippen LogP contribution < -0.4 is 0 Å². The second-order valence-electron chi connectivity index (χ2n) is 17.1. The summed E-state index contributed by atoms with van der Waals surface area (Å²) < 4.78 is 16.8. The zero-order valence-corrected chi connectivity index (χ0v) is 38.4. The van der Waals surface area contributed by atoms with E-state index in [2.05, 4.69) is 32.9 Å². The van der Waals surface area contributed by atoms with Crippen LogP contribution in [0.3, 0.4) is 0 Å². The lowest BCUT2D eigenvalue weighted by molar-refractivity contribution is -0.167. The molecule has 0 unspecified atom stereocenters. The molecule has 0 bridgehead atoms. The van der Waals surface area contributed by atoms with Gasteiger partial charge in [0.1, 0.15) is 13.2 Å². The molecule has 0 heterocycles. The topological polar surface area (TPSA) is 78.9 Å². The third-order valence-electron chi connectivity index (χ3n) is 11.3. The van der Waals surface area contributed by atoms with E-state index in [4.69, 9.17) is 14.2 Å². The molecule has 0 aromatic rings. The number of rotatable bonds is 46. The average molecular weight is 805 g/mol. The second-order valence-corrected chi connectivity index (χ2v) is 17.1. The van der Waals surface area contributed by atoms with Gasteiger partial charge in [0.05, 0.1) is 0 Å². The Morgan fingerprint density at radius 3 is 0.930 bits per heavy atom. The quantitative estimate of drug-likeness (QED) is 0.0264. The highest BCUT2D eigenvalue weighted by molar-refractivity contribution is 5.71. The predicted molar refractivity (Wildman–Crippen MR) is 243 cm³/mol. The first-order valence-electron chi connectivity index (χ1n) is 25.2. The number of carbonyl (C=O) groups excluding carboxylic acids is 3. The van der Waals surface area contributed by atoms with Crippen molar-refractivity contribution < 1.29 is 28.6 Å². The molecule has 0 spiro atoms. The summed E-state index contributed by atoms with van der Waals surface area (Å²) in [6.07, 6.45) is 50.5. The van der Waals surface area contributed by atoms with E-state index in [1.54, 1.807) is 0 Å². The highest BCUT2D eigenvalue weighted by atomic mass is 16.6. The first-order chi connectivity index (χ1) is 28.0. The fourth-order valence-corrected chi connectivity index (χ4v) is 7.42. The van der Waals surface area contributed by atoms with Crippen LogP contribution in [-0.2, 0) is 28.6 Å². The van der Waals surface area contributed by atoms with Crippen LogP contribution >= 0.6 is 0 Å². The highest BCUT2D eigenvalue weighted by Gasteiger charge is 2.19. The molecule has 0 rings (SSSR count). The van der Waals surface area contributed by atoms with Crippen LogP contribution in [0.15, 0.2) is 12.2 Å². The van der Waals surface area contributed by atoms with Gasteiger partial charge in [0, 0.05) is 19.3 Å². The molecular weight excluding hydrogens is 709 g/mol. The van der Waals surface area contributed by atoms with Gasteiger partial charge in [0.25, 0.3) is 0 Å². The normalized spacial score (nSPS) is 12.0. The molecule has 1 atom stereocenters. The fourth-order valence-electron chi connectivity index (χ4n) is 7.42. The molecule has 0 aliphatic heterocycles. The molecule has 0 N–H and O–H groups in total. The van der Waals surface area contributed by atoms with Crippen molar-refractivity contribution in [2.24, 2.45) is 0 Å². The molecular formula is C51H96O6. The summed E-state index contributed by atoms with van der Waals surface area (Å²) in [6.45, 7) is 6.62. The zero-order valence-electron chi connectivity index (χ0n) is 38.4. The predicted octanol–water partition coefficient (Wildman–Crippen LogP) is 16.2. The second kappa shape index (κ2) is 46.8. The third-order valence-corrected chi connectivity index (χ3v) is 11.3. The van der Waals surface area contributed by atoms with Crippen LogP contribution in [0.4, 0.5) is 0 Å². The van der Waals surface area contributed by atoms with Crippen LogP contribution in [-0.4, -0.2) is 37.2 Å². The summed E-state index contributed by atoms with van der Waals surface area (Å²) in [4.78, 5) is 37.9. The lowest BCUT2D eigenvalue weighted by Gasteiger charge is -2.18. The molecule has 0 aliphatic rings. The Hall–Kier alpha value is -1.85. The summed E-state index contributed by atoms with van der Waals surface area (Å²) in [5, 5.41) is 0. The molecule has 0 aliphatic carbocycles. The summed E-state index contributed by atoms with van der Waals surface area (Å²) in [5.41, 5.74) is 0. The maximum absolute atomic E-state index is 12.8. The van der Waals surface area contributed by atoms with Gasteiger partial charge in [-0.2, -0.15) is 0 Å². The van der Waals surface area contributed by atoms with Crippen molar-refractivity contribution in [3.63, 3.8) is 0 Å². The Labute approximate surface area is 354 Å². The number of carbonyl (C=O) groups is 3. The van der Waals surface area contributed by atoms with Crippen molar-refractivity contribution in [3.8, 4) is 0 Å². The number of unbranched alkanes of at least 4 members (excludes halogenated alkanes) is 33. The SMILES string of the molecule is CCCC/C=C\CCCCCCCC(=O)OC[C@H](COC(=O)CCCCCCCCCCCCCCCC)OC(=O)CCCCCCCCCCCCCCCC. The number of esters is 3. The molecule has 0 saturated heterocycles. The van der Waals surface area contributed by atoms with Gasteiger partial charge in [0.2, 0.25) is 0 Å². The molecule has 0 aromatic carbocycles. The summed E-state index contributed by atoms with van der Waals surface area (Å²) >= 11 is 0. The number of ether oxygens (including phenoxy) is 3. The van der Waals surface area contributed by atoms with Gasteiger partial charge < -0.3 is 14.2 Å². The van der Waals surface area contributed by atoms with E-state index in [0.29, 0.717) is 19.3 Å². The van der Waals surface area contributed by atoms with Crippen molar-refractivity contribution in [2.45, 2.75) is 284 Å². The minimum atomic E-state index is -0.765. The first kappa shape index (κ1) is 55.2. The van der Waals surface area contributed by atoms with E-state index in [0.717, 1.165) is 64.2 Å². The van der Waals surface area contributed by atoms with E-state index in [1.807, 2.05) is 0 Å². The van der Waals surface area contributed by atoms with Crippen molar-refractivity contribution in [1.29, 1.82) is 0 Å². The van der Waals surface area contributed by atoms with Crippen molar-refractivity contribution in [2.75, 3.05) is 13.2 Å². The van der Waals surface area contributed by atoms with Gasteiger partial charge in [-0.25, -0.2) is 0 Å². The summed E-state index contributed by atoms with van der Waals surface area (Å²) in [6, 6.07) is 0. The largest absolute Gasteiger partial charge is 0.462 e. The molecule has 0 radical (unpaired) electrons. The van der Waals surface area contributed by atoms with E-state index < -0.39 is 6.10 Å². The molecule has 0 aromatic heterocycles. The van der Waals surface area contributed by atoms with Crippen molar-refractivity contribution in [1.82, 2.24) is 0 Å². The fraction of sp³-hybridized carbons (Fsp3) is 0.902. The lowest BCUT2D eigenvalue weighted by atomic mass is 10.0. The Morgan fingerprint density at radius 2 is 0.596 bits per heavy atom. The van der Waals surface area contributed by atoms with Crippen LogP contribution in [0, 0.1) is 0 Å². The molecule has 0 fully saturated rings. The van der Waals surface area contributed by atoms with Crippen LogP contribution in [0.25, 0.3) is 0 Å². The third kappa shape index (κ3) is 45.1. The van der Waals surface area contributed by atoms with Gasteiger partial charge in [0.15, 0.2) is 6.10 Å². The maximum Gasteiger partial charge on any atom is 0.306 e. The Kier molecular flexibility index (Phi) is 45.3. The molecule has 336 valence electrons. The van der Waals surface area contributed by atoms with Gasteiger partial charge in [-0.1, -0.05) is 232 Å². The molecule has 6 nitrogen and oxygen atoms in total. The summed E-state index contributed by atoms with van der Waals surface area (Å²) in [5.74, 6) is -0.862. The minimum absolute atomic E-state index is 0.0674. The van der Waals surface area contributed by atoms with E-state index in [1.165, 1.54) is 173 Å². The van der Waals surface area contributed by atoms with E-state index in [9.17, 15) is 14.4 Å². The van der Waals surface area contributed by atoms with Crippen LogP contribution in [0.2, 0.25) is 0 Å². The van der Waals surface area contributed by atoms with Crippen LogP contribution in [0.1, 0.15) is 278 Å². The maximum atomic E-state index is 12.8. The standard InChI is InChI=1S/C51H96O6/c1-4-7-10-13-16-19-22-24-26-29-32-35-38-41-44-50(53)56-47-48(46-55-49(52)43-40-37-34-31-28-21-18-15-12-9-6-3)57-51(54)45-42-39-36-33-30-27-25-23-20-17-14-11-8-5-2/h15,18,48H,4-14,16-17,19-47H2,1-3H3/b18-15-/t48-/m1/s1. The number of hydrogen-bond acceptors (Lipinski definition) is 6. The highest BCUT2D eigenvalue weighted by Crippen LogP contribution is 2.16. The minimum Gasteiger partial charge on any atom is -0.462 e. The Balaban J connectivity index is 4.32. The molecule has 6 heteroatoms. The van der Waals surface area contributed by atoms with Gasteiger partial charge in [-0.15, -0.1) is 0 Å². The number of hydrogen-bond donors (Lipinski definition) is 0. The Bertz CT molecular complexity index is 885. The van der Waals surface area contributed by atoms with Gasteiger partial charge in [-0.05, 0) is 38.5 Å². The summed E-state index contributed by atoms with van der Waals surface area (Å²) in [7, 11) is 0. The van der Waals surface area contributed by atoms with Gasteiger partial charge >= 0.3 is 17.9 Å². The molecule has 0 saturated carbocycles. The number of allylic oxidation sites excluding steroid dienone is 2. The first-order valence-corrected chi connectivity index (χ1v) is 25.2. The van der Waals surface area contributed by atoms with Gasteiger partial charge in [-0.3, -0.25) is 14.4 Å². The van der Waals surface area contributed by atoms with Crippen molar-refractivity contribution >= 4 is 17.9 Å². The monoisotopic (exact) mass is 805 g/mol. The lowest BCUT2D eigenvalue weighted by Crippen LogP contribution is -2.30. The van der Waals surface area contributed by atoms with E-state index in [-0.39, 0.29) is 31.1 Å². The molecule has 57 heavy (non-hydrogen) atoms. The average Bonchev–Trinajstić information content (AvgIpc) is 3.21. The molecule has 0 amide bonds. The van der Waals surface area contributed by atoms with Crippen molar-refractivity contribution in [3.05, 3.63) is 12.2 Å². The Morgan fingerprint density at radius 1 is 0.333 bits per heavy atom. The van der Waals surface area contributed by atoms with E-state index >= 15 is 0 Å².